The van der Waals surface area contributed by atoms with E-state index in [0.717, 1.165) is 59.2 Å². The van der Waals surface area contributed by atoms with E-state index in [4.69, 9.17) is 18.9 Å². The zero-order valence-corrected chi connectivity index (χ0v) is 13.5. The predicted molar refractivity (Wildman–Crippen MR) is 78.3 cm³/mol. The average Bonchev–Trinajstić information content (AvgIpc) is 3.01. The van der Waals surface area contributed by atoms with Crippen LogP contribution in [0.4, 0.5) is 0 Å². The molecule has 6 aliphatic carbocycles. The number of rotatable bonds is 0. The first-order valence-corrected chi connectivity index (χ1v) is 10.5. The lowest BCUT2D eigenvalue weighted by Gasteiger charge is -2.38. The number of hydrogen-bond donors (Lipinski definition) is 0. The number of fused-ring (bicyclic) bond motifs is 2. The van der Waals surface area contributed by atoms with E-state index in [1.807, 2.05) is 0 Å². The fourth-order valence-corrected chi connectivity index (χ4v) is 11.4. The molecule has 10 aliphatic rings. The van der Waals surface area contributed by atoms with E-state index in [2.05, 4.69) is 0 Å². The van der Waals surface area contributed by atoms with Gasteiger partial charge in [0, 0.05) is 23.7 Å². The highest BCUT2D eigenvalue weighted by Crippen LogP contribution is 2.89. The van der Waals surface area contributed by atoms with Crippen molar-refractivity contribution < 1.29 is 18.9 Å². The molecule has 4 aliphatic heterocycles. The van der Waals surface area contributed by atoms with Gasteiger partial charge < -0.3 is 18.9 Å². The highest BCUT2D eigenvalue weighted by atomic mass is 16.8. The van der Waals surface area contributed by atoms with Gasteiger partial charge in [0.1, 0.15) is 11.2 Å². The van der Waals surface area contributed by atoms with Crippen molar-refractivity contribution in [2.75, 3.05) is 0 Å². The van der Waals surface area contributed by atoms with Gasteiger partial charge in [-0.3, -0.25) is 0 Å². The zero-order valence-electron chi connectivity index (χ0n) is 13.5. The van der Waals surface area contributed by atoms with Crippen molar-refractivity contribution in [1.82, 2.24) is 0 Å². The van der Waals surface area contributed by atoms with Crippen molar-refractivity contribution in [2.45, 2.75) is 61.7 Å². The Balaban J connectivity index is 1.32. The number of hydrogen-bond acceptors (Lipinski definition) is 4. The Morgan fingerprint density at radius 1 is 0.542 bits per heavy atom. The maximum Gasteiger partial charge on any atom is 0.188 e. The van der Waals surface area contributed by atoms with Crippen molar-refractivity contribution in [2.24, 2.45) is 59.2 Å². The number of ether oxygens (including phenoxy) is 4. The first-order valence-electron chi connectivity index (χ1n) is 10.5. The molecule has 16 atom stereocenters. The van der Waals surface area contributed by atoms with E-state index in [1.54, 1.807) is 0 Å². The summed E-state index contributed by atoms with van der Waals surface area (Å²) in [5, 5.41) is 0. The lowest BCUT2D eigenvalue weighted by Crippen LogP contribution is -2.47. The van der Waals surface area contributed by atoms with Crippen LogP contribution in [0.3, 0.4) is 0 Å². The summed E-state index contributed by atoms with van der Waals surface area (Å²) >= 11 is 0. The molecule has 0 amide bonds. The summed E-state index contributed by atoms with van der Waals surface area (Å²) in [6.45, 7) is 0. The minimum atomic E-state index is 0.136. The molecule has 2 spiro atoms. The Hall–Kier alpha value is -0.160. The Morgan fingerprint density at radius 3 is 1.54 bits per heavy atom. The van der Waals surface area contributed by atoms with Crippen LogP contribution >= 0.6 is 0 Å². The SMILES string of the molecule is C1C[C@@H]2O[C@@H]3O[C@@]34[C@@H]3[C@H]5[C@@H]6[C@H]7[C@@H]8[C@@H](CC[C@H]8O[C@@H]8O[C@]87[C@@H]5[C@H]1[C@H]32)[C@@H]64. The smallest absolute Gasteiger partial charge is 0.188 e. The van der Waals surface area contributed by atoms with Crippen molar-refractivity contribution in [3.8, 4) is 0 Å². The second-order valence-corrected chi connectivity index (χ2v) is 10.9. The predicted octanol–water partition coefficient (Wildman–Crippen LogP) is 1.78. The van der Waals surface area contributed by atoms with Crippen LogP contribution in [0.15, 0.2) is 0 Å². The van der Waals surface area contributed by atoms with Gasteiger partial charge in [-0.05, 0) is 61.2 Å². The molecule has 6 saturated carbocycles. The van der Waals surface area contributed by atoms with Gasteiger partial charge in [0.25, 0.3) is 0 Å². The van der Waals surface area contributed by atoms with Crippen LogP contribution in [-0.4, -0.2) is 36.0 Å². The standard InChI is InChI=1S/C20H22O4/c1-3-7-9-5(1)13-11-12-14(20(15(9)11)18(21-7)24-20)6-2-4-8-10(6)16(12)19(13)17(22-8)23-19/h5-18H,1-4H2/t5-,6-,7-,8+,9-,10+,11+,12+,13+,14-,15-,16+,17-,18-,19+,20+/m1/s1. The summed E-state index contributed by atoms with van der Waals surface area (Å²) in [6, 6.07) is 0. The van der Waals surface area contributed by atoms with Crippen LogP contribution < -0.4 is 0 Å². The second kappa shape index (κ2) is 2.85. The molecule has 10 rings (SSSR count). The molecule has 0 unspecified atom stereocenters. The molecule has 4 saturated heterocycles. The van der Waals surface area contributed by atoms with Gasteiger partial charge in [-0.1, -0.05) is 0 Å². The Kier molecular flexibility index (Phi) is 1.37. The van der Waals surface area contributed by atoms with Crippen LogP contribution in [0.2, 0.25) is 0 Å². The summed E-state index contributed by atoms with van der Waals surface area (Å²) in [5.74, 6) is 8.14. The maximum absolute atomic E-state index is 6.55. The van der Waals surface area contributed by atoms with E-state index >= 15 is 0 Å². The molecule has 0 radical (unpaired) electrons. The van der Waals surface area contributed by atoms with E-state index < -0.39 is 0 Å². The average molecular weight is 326 g/mol. The minimum absolute atomic E-state index is 0.136. The lowest BCUT2D eigenvalue weighted by atomic mass is 9.70. The molecule has 10 fully saturated rings. The molecule has 0 N–H and O–H groups in total. The number of epoxide rings is 2. The van der Waals surface area contributed by atoms with E-state index in [-0.39, 0.29) is 23.8 Å². The summed E-state index contributed by atoms with van der Waals surface area (Å²) < 4.78 is 26.2. The van der Waals surface area contributed by atoms with Gasteiger partial charge in [0.05, 0.1) is 12.2 Å². The fraction of sp³-hybridized carbons (Fsp3) is 1.00. The molecular formula is C20H22O4. The zero-order chi connectivity index (χ0) is 14.7. The first kappa shape index (κ1) is 11.5. The third kappa shape index (κ3) is 0.758. The Labute approximate surface area is 140 Å². The molecule has 0 aromatic heterocycles. The van der Waals surface area contributed by atoms with Gasteiger partial charge in [0.15, 0.2) is 12.6 Å². The highest BCUT2D eigenvalue weighted by Gasteiger charge is 2.96. The molecule has 0 bridgehead atoms. The third-order valence-electron chi connectivity index (χ3n) is 11.2. The van der Waals surface area contributed by atoms with Crippen LogP contribution in [0.5, 0.6) is 0 Å². The van der Waals surface area contributed by atoms with Crippen molar-refractivity contribution in [1.29, 1.82) is 0 Å². The maximum atomic E-state index is 6.55. The largest absolute Gasteiger partial charge is 0.346 e. The summed E-state index contributed by atoms with van der Waals surface area (Å²) in [5.41, 5.74) is 0.271. The van der Waals surface area contributed by atoms with Crippen molar-refractivity contribution in [3.63, 3.8) is 0 Å². The lowest BCUT2D eigenvalue weighted by molar-refractivity contribution is -0.0794. The van der Waals surface area contributed by atoms with Gasteiger partial charge >= 0.3 is 0 Å². The van der Waals surface area contributed by atoms with Crippen LogP contribution in [0.25, 0.3) is 0 Å². The van der Waals surface area contributed by atoms with Crippen molar-refractivity contribution >= 4 is 0 Å². The monoisotopic (exact) mass is 326 g/mol. The minimum Gasteiger partial charge on any atom is -0.346 e. The third-order valence-corrected chi connectivity index (χ3v) is 11.2. The van der Waals surface area contributed by atoms with Crippen LogP contribution in [0.1, 0.15) is 25.7 Å². The molecule has 4 heterocycles. The molecule has 126 valence electrons. The van der Waals surface area contributed by atoms with E-state index in [0.29, 0.717) is 12.2 Å². The Morgan fingerprint density at radius 2 is 1.04 bits per heavy atom. The second-order valence-electron chi connectivity index (χ2n) is 10.9. The summed E-state index contributed by atoms with van der Waals surface area (Å²) in [6.07, 6.45) is 6.57. The van der Waals surface area contributed by atoms with Gasteiger partial charge in [-0.25, -0.2) is 0 Å². The molecule has 4 nitrogen and oxygen atoms in total. The summed E-state index contributed by atoms with van der Waals surface area (Å²) in [7, 11) is 0. The van der Waals surface area contributed by atoms with Gasteiger partial charge in [0.2, 0.25) is 0 Å². The summed E-state index contributed by atoms with van der Waals surface area (Å²) in [4.78, 5) is 0. The van der Waals surface area contributed by atoms with Gasteiger partial charge in [-0.15, -0.1) is 0 Å². The fourth-order valence-electron chi connectivity index (χ4n) is 11.4. The molecular weight excluding hydrogens is 304 g/mol. The molecule has 4 heteroatoms. The van der Waals surface area contributed by atoms with Gasteiger partial charge in [-0.2, -0.15) is 0 Å². The van der Waals surface area contributed by atoms with Crippen LogP contribution in [0, 0.1) is 59.2 Å². The molecule has 0 aromatic carbocycles. The molecule has 0 aromatic rings. The van der Waals surface area contributed by atoms with E-state index in [9.17, 15) is 0 Å². The van der Waals surface area contributed by atoms with Crippen molar-refractivity contribution in [3.05, 3.63) is 0 Å². The van der Waals surface area contributed by atoms with E-state index in [1.165, 1.54) is 25.7 Å². The first-order chi connectivity index (χ1) is 11.9. The Bertz CT molecular complexity index is 692. The quantitative estimate of drug-likeness (QED) is 0.637. The van der Waals surface area contributed by atoms with Crippen LogP contribution in [-0.2, 0) is 18.9 Å². The topological polar surface area (TPSA) is 43.5 Å². The molecule has 24 heavy (non-hydrogen) atoms. The normalized spacial score (nSPS) is 87.0. The highest BCUT2D eigenvalue weighted by molar-refractivity contribution is 5.40.